The van der Waals surface area contributed by atoms with Gasteiger partial charge in [0.05, 0.1) is 0 Å². The molecule has 1 nitrogen and oxygen atoms in total. The van der Waals surface area contributed by atoms with Gasteiger partial charge in [0, 0.05) is 13.3 Å². The highest BCUT2D eigenvalue weighted by Gasteiger charge is 2.20. The molecular weight excluding hydrogens is 254 g/mol. The molecule has 1 aromatic carbocycles. The van der Waals surface area contributed by atoms with Gasteiger partial charge in [-0.25, -0.2) is 0 Å². The van der Waals surface area contributed by atoms with Crippen LogP contribution in [0.4, 0.5) is 0 Å². The Hall–Kier alpha value is -1.37. The van der Waals surface area contributed by atoms with Crippen molar-refractivity contribution in [2.24, 2.45) is 4.99 Å². The highest BCUT2D eigenvalue weighted by molar-refractivity contribution is 6.11. The maximum absolute atomic E-state index is 4.28. The third kappa shape index (κ3) is 3.84. The standard InChI is InChI=1S/C20H29N/c1-5-16-11-12-18(20(14-21-4)15(2)3)19(13-16)17-9-7-6-8-10-17/h11-14,17H,5-10H2,1-4H3/b21-14-. The van der Waals surface area contributed by atoms with E-state index in [4.69, 9.17) is 0 Å². The fourth-order valence-corrected chi connectivity index (χ4v) is 3.43. The van der Waals surface area contributed by atoms with Gasteiger partial charge in [-0.1, -0.05) is 50.0 Å². The number of aliphatic imine (C=N–C) groups is 1. The van der Waals surface area contributed by atoms with Crippen LogP contribution in [0.25, 0.3) is 5.57 Å². The molecule has 0 aromatic heterocycles. The molecule has 1 heteroatoms. The Morgan fingerprint density at radius 3 is 2.48 bits per heavy atom. The van der Waals surface area contributed by atoms with E-state index in [1.165, 1.54) is 54.4 Å². The van der Waals surface area contributed by atoms with E-state index in [2.05, 4.69) is 44.0 Å². The van der Waals surface area contributed by atoms with Crippen molar-refractivity contribution < 1.29 is 0 Å². The second kappa shape index (κ2) is 7.59. The molecule has 1 aliphatic carbocycles. The van der Waals surface area contributed by atoms with Crippen LogP contribution in [0.2, 0.25) is 0 Å². The number of aryl methyl sites for hydroxylation is 1. The number of hydrogen-bond donors (Lipinski definition) is 0. The lowest BCUT2D eigenvalue weighted by Crippen LogP contribution is -2.08. The van der Waals surface area contributed by atoms with Gasteiger partial charge in [-0.3, -0.25) is 4.99 Å². The third-order valence-corrected chi connectivity index (χ3v) is 4.66. The highest BCUT2D eigenvalue weighted by Crippen LogP contribution is 2.37. The quantitative estimate of drug-likeness (QED) is 0.620. The lowest BCUT2D eigenvalue weighted by atomic mass is 9.79. The second-order valence-electron chi connectivity index (χ2n) is 6.41. The van der Waals surface area contributed by atoms with Gasteiger partial charge in [0.1, 0.15) is 0 Å². The summed E-state index contributed by atoms with van der Waals surface area (Å²) in [6, 6.07) is 7.07. The Kier molecular flexibility index (Phi) is 5.78. The zero-order valence-electron chi connectivity index (χ0n) is 14.1. The Morgan fingerprint density at radius 1 is 1.19 bits per heavy atom. The maximum atomic E-state index is 4.28. The highest BCUT2D eigenvalue weighted by atomic mass is 14.6. The van der Waals surface area contributed by atoms with Crippen molar-refractivity contribution in [2.45, 2.75) is 65.2 Å². The molecule has 0 aliphatic heterocycles. The van der Waals surface area contributed by atoms with Gasteiger partial charge in [0.2, 0.25) is 0 Å². The molecule has 1 aliphatic rings. The number of benzene rings is 1. The van der Waals surface area contributed by atoms with Gasteiger partial charge in [0.15, 0.2) is 0 Å². The van der Waals surface area contributed by atoms with Crippen molar-refractivity contribution in [2.75, 3.05) is 7.05 Å². The van der Waals surface area contributed by atoms with Gasteiger partial charge >= 0.3 is 0 Å². The lowest BCUT2D eigenvalue weighted by molar-refractivity contribution is 0.443. The van der Waals surface area contributed by atoms with Crippen molar-refractivity contribution >= 4 is 11.8 Å². The molecule has 0 unspecified atom stereocenters. The molecule has 0 N–H and O–H groups in total. The van der Waals surface area contributed by atoms with Gasteiger partial charge < -0.3 is 0 Å². The topological polar surface area (TPSA) is 12.4 Å². The van der Waals surface area contributed by atoms with E-state index < -0.39 is 0 Å². The molecule has 0 bridgehead atoms. The minimum Gasteiger partial charge on any atom is -0.296 e. The predicted molar refractivity (Wildman–Crippen MR) is 94.3 cm³/mol. The fraction of sp³-hybridized carbons (Fsp3) is 0.550. The van der Waals surface area contributed by atoms with Crippen LogP contribution in [0.15, 0.2) is 28.8 Å². The lowest BCUT2D eigenvalue weighted by Gasteiger charge is -2.25. The van der Waals surface area contributed by atoms with Crippen LogP contribution in [0.1, 0.15) is 75.5 Å². The summed E-state index contributed by atoms with van der Waals surface area (Å²) in [6.07, 6.45) is 10.0. The molecule has 0 saturated heterocycles. The molecule has 0 spiro atoms. The van der Waals surface area contributed by atoms with E-state index in [1.807, 2.05) is 13.3 Å². The maximum Gasteiger partial charge on any atom is 0.0286 e. The molecule has 2 rings (SSSR count). The molecule has 0 heterocycles. The summed E-state index contributed by atoms with van der Waals surface area (Å²) in [7, 11) is 1.86. The molecular formula is C20H29N. The number of nitrogens with zero attached hydrogens (tertiary/aromatic N) is 1. The normalized spacial score (nSPS) is 16.4. The van der Waals surface area contributed by atoms with E-state index in [1.54, 1.807) is 5.56 Å². The SMILES string of the molecule is CCc1ccc(C(/C=N\C)=C(C)C)c(C2CCCCC2)c1. The van der Waals surface area contributed by atoms with Crippen molar-refractivity contribution in [1.29, 1.82) is 0 Å². The zero-order chi connectivity index (χ0) is 15.2. The van der Waals surface area contributed by atoms with Crippen LogP contribution < -0.4 is 0 Å². The average molecular weight is 283 g/mol. The van der Waals surface area contributed by atoms with Gasteiger partial charge in [-0.2, -0.15) is 0 Å². The minimum absolute atomic E-state index is 0.736. The summed E-state index contributed by atoms with van der Waals surface area (Å²) >= 11 is 0. The first kappa shape index (κ1) is 16.0. The molecule has 21 heavy (non-hydrogen) atoms. The van der Waals surface area contributed by atoms with Crippen LogP contribution in [0.3, 0.4) is 0 Å². The van der Waals surface area contributed by atoms with E-state index >= 15 is 0 Å². The fourth-order valence-electron chi connectivity index (χ4n) is 3.43. The van der Waals surface area contributed by atoms with E-state index in [0.717, 1.165) is 12.3 Å². The summed E-state index contributed by atoms with van der Waals surface area (Å²) in [6.45, 7) is 6.62. The van der Waals surface area contributed by atoms with Gasteiger partial charge in [-0.15, -0.1) is 0 Å². The van der Waals surface area contributed by atoms with Crippen LogP contribution in [0.5, 0.6) is 0 Å². The second-order valence-corrected chi connectivity index (χ2v) is 6.41. The van der Waals surface area contributed by atoms with Crippen molar-refractivity contribution in [1.82, 2.24) is 0 Å². The zero-order valence-corrected chi connectivity index (χ0v) is 14.1. The molecule has 0 radical (unpaired) electrons. The van der Waals surface area contributed by atoms with E-state index in [0.29, 0.717) is 0 Å². The Labute approximate surface area is 130 Å². The van der Waals surface area contributed by atoms with Crippen LogP contribution in [-0.2, 0) is 6.42 Å². The predicted octanol–water partition coefficient (Wildman–Crippen LogP) is 5.79. The van der Waals surface area contributed by atoms with Crippen LogP contribution in [0, 0.1) is 0 Å². The molecule has 114 valence electrons. The smallest absolute Gasteiger partial charge is 0.0286 e. The molecule has 1 fully saturated rings. The summed E-state index contributed by atoms with van der Waals surface area (Å²) in [4.78, 5) is 4.28. The van der Waals surface area contributed by atoms with E-state index in [-0.39, 0.29) is 0 Å². The monoisotopic (exact) mass is 283 g/mol. The van der Waals surface area contributed by atoms with Gasteiger partial charge in [0.25, 0.3) is 0 Å². The number of rotatable bonds is 4. The third-order valence-electron chi connectivity index (χ3n) is 4.66. The average Bonchev–Trinajstić information content (AvgIpc) is 2.52. The molecule has 0 amide bonds. The first-order chi connectivity index (χ1) is 10.2. The van der Waals surface area contributed by atoms with Crippen molar-refractivity contribution in [3.05, 3.63) is 40.5 Å². The summed E-state index contributed by atoms with van der Waals surface area (Å²) in [5, 5.41) is 0. The van der Waals surface area contributed by atoms with Crippen LogP contribution >= 0.6 is 0 Å². The molecule has 1 saturated carbocycles. The molecule has 0 atom stereocenters. The minimum atomic E-state index is 0.736. The van der Waals surface area contributed by atoms with Crippen molar-refractivity contribution in [3.63, 3.8) is 0 Å². The van der Waals surface area contributed by atoms with Crippen molar-refractivity contribution in [3.8, 4) is 0 Å². The van der Waals surface area contributed by atoms with Gasteiger partial charge in [-0.05, 0) is 61.3 Å². The largest absolute Gasteiger partial charge is 0.296 e. The first-order valence-corrected chi connectivity index (χ1v) is 8.40. The number of allylic oxidation sites excluding steroid dienone is 2. The van der Waals surface area contributed by atoms with E-state index in [9.17, 15) is 0 Å². The summed E-state index contributed by atoms with van der Waals surface area (Å²) < 4.78 is 0. The summed E-state index contributed by atoms with van der Waals surface area (Å²) in [5.41, 5.74) is 7.08. The Bertz CT molecular complexity index is 527. The molecule has 1 aromatic rings. The summed E-state index contributed by atoms with van der Waals surface area (Å²) in [5.74, 6) is 0.736. The first-order valence-electron chi connectivity index (χ1n) is 8.40. The Morgan fingerprint density at radius 2 is 1.90 bits per heavy atom. The number of hydrogen-bond acceptors (Lipinski definition) is 1. The Balaban J connectivity index is 2.51. The van der Waals surface area contributed by atoms with Crippen LogP contribution in [-0.4, -0.2) is 13.3 Å².